The van der Waals surface area contributed by atoms with E-state index in [2.05, 4.69) is 26.0 Å². The van der Waals surface area contributed by atoms with Gasteiger partial charge in [-0.05, 0) is 36.6 Å². The molecule has 88 valence electrons. The Balaban J connectivity index is 2.50. The lowest BCUT2D eigenvalue weighted by molar-refractivity contribution is 0.0992. The van der Waals surface area contributed by atoms with Crippen molar-refractivity contribution in [1.82, 2.24) is 0 Å². The maximum Gasteiger partial charge on any atom is 0.172 e. The van der Waals surface area contributed by atoms with Crippen LogP contribution in [0.3, 0.4) is 0 Å². The Morgan fingerprint density at radius 2 is 1.88 bits per heavy atom. The number of rotatable bonds is 3. The first-order valence-electron chi connectivity index (χ1n) is 5.83. The third-order valence-electron chi connectivity index (χ3n) is 2.90. The van der Waals surface area contributed by atoms with Gasteiger partial charge in [0, 0.05) is 11.3 Å². The molecule has 2 heteroatoms. The Kier molecular flexibility index (Phi) is 3.43. The van der Waals surface area contributed by atoms with Gasteiger partial charge in [0.25, 0.3) is 0 Å². The molecular weight excluding hydrogens is 228 g/mol. The van der Waals surface area contributed by atoms with Crippen LogP contribution in [0.2, 0.25) is 0 Å². The molecule has 2 aromatic rings. The van der Waals surface area contributed by atoms with Gasteiger partial charge in [0.2, 0.25) is 0 Å². The molecule has 0 atom stereocenters. The van der Waals surface area contributed by atoms with Gasteiger partial charge < -0.3 is 0 Å². The van der Waals surface area contributed by atoms with E-state index in [9.17, 15) is 4.79 Å². The van der Waals surface area contributed by atoms with E-state index in [-0.39, 0.29) is 5.78 Å². The molecule has 1 aromatic heterocycles. The van der Waals surface area contributed by atoms with Crippen molar-refractivity contribution in [2.24, 2.45) is 0 Å². The normalized spacial score (nSPS) is 10.5. The third-order valence-corrected chi connectivity index (χ3v) is 4.21. The molecule has 0 aliphatic carbocycles. The van der Waals surface area contributed by atoms with Gasteiger partial charge in [-0.1, -0.05) is 31.2 Å². The summed E-state index contributed by atoms with van der Waals surface area (Å²) in [6, 6.07) is 10.3. The Labute approximate surface area is 106 Å². The summed E-state index contributed by atoms with van der Waals surface area (Å²) in [7, 11) is 0. The first-order valence-corrected chi connectivity index (χ1v) is 6.64. The largest absolute Gasteiger partial charge is 0.293 e. The fourth-order valence-corrected chi connectivity index (χ4v) is 3.16. The summed E-state index contributed by atoms with van der Waals surface area (Å²) in [4.78, 5) is 13.8. The molecule has 0 radical (unpaired) electrons. The van der Waals surface area contributed by atoms with Crippen LogP contribution in [0.15, 0.2) is 30.3 Å². The van der Waals surface area contributed by atoms with E-state index in [0.29, 0.717) is 6.42 Å². The van der Waals surface area contributed by atoms with Crippen LogP contribution in [-0.2, 0) is 0 Å². The average Bonchev–Trinajstić information content (AvgIpc) is 2.71. The van der Waals surface area contributed by atoms with E-state index in [1.165, 1.54) is 21.6 Å². The van der Waals surface area contributed by atoms with E-state index in [0.717, 1.165) is 4.88 Å². The van der Waals surface area contributed by atoms with E-state index in [4.69, 9.17) is 0 Å². The highest BCUT2D eigenvalue weighted by Crippen LogP contribution is 2.34. The molecule has 0 spiro atoms. The van der Waals surface area contributed by atoms with E-state index in [1.54, 1.807) is 11.3 Å². The zero-order valence-electron chi connectivity index (χ0n) is 10.4. The van der Waals surface area contributed by atoms with Crippen molar-refractivity contribution in [3.05, 3.63) is 46.3 Å². The minimum absolute atomic E-state index is 0.234. The molecule has 0 unspecified atom stereocenters. The molecule has 0 aliphatic rings. The molecule has 2 rings (SSSR count). The molecule has 1 nitrogen and oxygen atoms in total. The summed E-state index contributed by atoms with van der Waals surface area (Å²) in [5.74, 6) is 0.234. The molecule has 0 amide bonds. The van der Waals surface area contributed by atoms with Crippen LogP contribution < -0.4 is 0 Å². The van der Waals surface area contributed by atoms with Gasteiger partial charge in [0.1, 0.15) is 0 Å². The lowest BCUT2D eigenvalue weighted by Gasteiger charge is -2.03. The number of benzene rings is 1. The quantitative estimate of drug-likeness (QED) is 0.720. The number of carbonyl (C=O) groups excluding carboxylic acids is 1. The summed E-state index contributed by atoms with van der Waals surface area (Å²) in [6.07, 6.45) is 0.577. The number of ketones is 1. The predicted molar refractivity (Wildman–Crippen MR) is 73.9 cm³/mol. The summed E-state index contributed by atoms with van der Waals surface area (Å²) in [5, 5.41) is 0. The van der Waals surface area contributed by atoms with Gasteiger partial charge in [-0.25, -0.2) is 0 Å². The molecule has 0 N–H and O–H groups in total. The van der Waals surface area contributed by atoms with Gasteiger partial charge in [0.05, 0.1) is 4.88 Å². The zero-order chi connectivity index (χ0) is 12.4. The molecule has 17 heavy (non-hydrogen) atoms. The highest BCUT2D eigenvalue weighted by atomic mass is 32.1. The van der Waals surface area contributed by atoms with E-state index in [1.807, 2.05) is 25.1 Å². The minimum atomic E-state index is 0.234. The predicted octanol–water partition coefficient (Wildman–Crippen LogP) is 4.62. The number of hydrogen-bond acceptors (Lipinski definition) is 2. The number of thiophene rings is 1. The van der Waals surface area contributed by atoms with Crippen molar-refractivity contribution < 1.29 is 4.79 Å². The Bertz CT molecular complexity index is 552. The van der Waals surface area contributed by atoms with Crippen molar-refractivity contribution in [2.75, 3.05) is 0 Å². The Morgan fingerprint density at radius 3 is 2.53 bits per heavy atom. The van der Waals surface area contributed by atoms with Crippen LogP contribution in [0, 0.1) is 13.8 Å². The van der Waals surface area contributed by atoms with Crippen molar-refractivity contribution in [3.8, 4) is 10.4 Å². The molecular formula is C15H16OS. The molecule has 0 aliphatic heterocycles. The van der Waals surface area contributed by atoms with Crippen molar-refractivity contribution in [2.45, 2.75) is 27.2 Å². The van der Waals surface area contributed by atoms with Crippen LogP contribution >= 0.6 is 11.3 Å². The maximum absolute atomic E-state index is 11.7. The summed E-state index contributed by atoms with van der Waals surface area (Å²) < 4.78 is 0. The van der Waals surface area contributed by atoms with Crippen LogP contribution in [-0.4, -0.2) is 5.78 Å². The third kappa shape index (κ3) is 2.32. The highest BCUT2D eigenvalue weighted by Gasteiger charge is 2.13. The number of Topliss-reactive ketones (excluding diaryl/α,β-unsaturated/α-hetero) is 1. The van der Waals surface area contributed by atoms with Gasteiger partial charge in [-0.15, -0.1) is 11.3 Å². The van der Waals surface area contributed by atoms with Crippen molar-refractivity contribution >= 4 is 17.1 Å². The second-order valence-corrected chi connectivity index (χ2v) is 5.27. The molecule has 0 saturated heterocycles. The first-order chi connectivity index (χ1) is 8.13. The number of hydrogen-bond donors (Lipinski definition) is 0. The fourth-order valence-electron chi connectivity index (χ4n) is 1.89. The summed E-state index contributed by atoms with van der Waals surface area (Å²) in [5.41, 5.74) is 3.69. The summed E-state index contributed by atoms with van der Waals surface area (Å²) in [6.45, 7) is 6.09. The fraction of sp³-hybridized carbons (Fsp3) is 0.267. The Hall–Kier alpha value is -1.41. The standard InChI is InChI=1S/C15H16OS/c1-4-13(16)14-9-11(3)15(17-14)12-8-6-5-7-10(12)2/h5-9H,4H2,1-3H3. The highest BCUT2D eigenvalue weighted by molar-refractivity contribution is 7.17. The van der Waals surface area contributed by atoms with Crippen LogP contribution in [0.5, 0.6) is 0 Å². The lowest BCUT2D eigenvalue weighted by atomic mass is 10.0. The molecule has 1 heterocycles. The second-order valence-electron chi connectivity index (χ2n) is 4.21. The van der Waals surface area contributed by atoms with Gasteiger partial charge >= 0.3 is 0 Å². The molecule has 0 saturated carbocycles. The van der Waals surface area contributed by atoms with Crippen LogP contribution in [0.25, 0.3) is 10.4 Å². The number of aryl methyl sites for hydroxylation is 2. The van der Waals surface area contributed by atoms with Crippen LogP contribution in [0.1, 0.15) is 34.1 Å². The first kappa shape index (κ1) is 12.1. The topological polar surface area (TPSA) is 17.1 Å². The maximum atomic E-state index is 11.7. The molecule has 0 bridgehead atoms. The van der Waals surface area contributed by atoms with Crippen molar-refractivity contribution in [3.63, 3.8) is 0 Å². The minimum Gasteiger partial charge on any atom is -0.293 e. The van der Waals surface area contributed by atoms with Gasteiger partial charge in [-0.2, -0.15) is 0 Å². The SMILES string of the molecule is CCC(=O)c1cc(C)c(-c2ccccc2C)s1. The van der Waals surface area contributed by atoms with E-state index >= 15 is 0 Å². The smallest absolute Gasteiger partial charge is 0.172 e. The summed E-state index contributed by atoms with van der Waals surface area (Å²) >= 11 is 1.61. The molecule has 0 fully saturated rings. The average molecular weight is 244 g/mol. The van der Waals surface area contributed by atoms with E-state index < -0.39 is 0 Å². The van der Waals surface area contributed by atoms with Crippen LogP contribution in [0.4, 0.5) is 0 Å². The zero-order valence-corrected chi connectivity index (χ0v) is 11.2. The second kappa shape index (κ2) is 4.84. The number of carbonyl (C=O) groups is 1. The van der Waals surface area contributed by atoms with Gasteiger partial charge in [-0.3, -0.25) is 4.79 Å². The van der Waals surface area contributed by atoms with Gasteiger partial charge in [0.15, 0.2) is 5.78 Å². The lowest BCUT2D eigenvalue weighted by Crippen LogP contribution is -1.90. The molecule has 1 aromatic carbocycles. The monoisotopic (exact) mass is 244 g/mol. The van der Waals surface area contributed by atoms with Crippen molar-refractivity contribution in [1.29, 1.82) is 0 Å². The Morgan fingerprint density at radius 1 is 1.18 bits per heavy atom.